The maximum absolute atomic E-state index is 10.4. The predicted octanol–water partition coefficient (Wildman–Crippen LogP) is 2.14. The molecule has 0 spiro atoms. The van der Waals surface area contributed by atoms with Crippen LogP contribution < -0.4 is 0 Å². The van der Waals surface area contributed by atoms with Crippen LogP contribution in [0.4, 0.5) is 0 Å². The summed E-state index contributed by atoms with van der Waals surface area (Å²) in [7, 11) is 0. The minimum Gasteiger partial charge on any atom is -0.349 e. The third kappa shape index (κ3) is 3.07. The van der Waals surface area contributed by atoms with Crippen LogP contribution in [-0.4, -0.2) is 24.8 Å². The van der Waals surface area contributed by atoms with E-state index in [-0.39, 0.29) is 23.9 Å². The minimum atomic E-state index is -0.198. The van der Waals surface area contributed by atoms with Gasteiger partial charge in [-0.1, -0.05) is 20.8 Å². The van der Waals surface area contributed by atoms with Crippen molar-refractivity contribution >= 4 is 6.29 Å². The number of hydrogen-bond donors (Lipinski definition) is 0. The molecule has 0 amide bonds. The van der Waals surface area contributed by atoms with E-state index >= 15 is 0 Å². The third-order valence-corrected chi connectivity index (χ3v) is 2.33. The van der Waals surface area contributed by atoms with Crippen molar-refractivity contribution in [1.82, 2.24) is 0 Å². The van der Waals surface area contributed by atoms with Gasteiger partial charge in [0.2, 0.25) is 0 Å². The van der Waals surface area contributed by atoms with E-state index in [2.05, 4.69) is 20.8 Å². The second kappa shape index (κ2) is 4.41. The fourth-order valence-electron chi connectivity index (χ4n) is 1.57. The van der Waals surface area contributed by atoms with Crippen LogP contribution in [0.2, 0.25) is 0 Å². The second-order valence-electron chi connectivity index (χ2n) is 5.04. The van der Waals surface area contributed by atoms with Crippen LogP contribution in [0.1, 0.15) is 40.5 Å². The van der Waals surface area contributed by atoms with Gasteiger partial charge in [-0.25, -0.2) is 0 Å². The molecule has 0 aromatic heterocycles. The molecule has 1 aliphatic rings. The van der Waals surface area contributed by atoms with Crippen molar-refractivity contribution in [1.29, 1.82) is 0 Å². The Balaban J connectivity index is 2.58. The minimum absolute atomic E-state index is 0.0282. The van der Waals surface area contributed by atoms with Gasteiger partial charge < -0.3 is 14.3 Å². The molecule has 0 bridgehead atoms. The van der Waals surface area contributed by atoms with Crippen molar-refractivity contribution in [3.63, 3.8) is 0 Å². The van der Waals surface area contributed by atoms with Crippen molar-refractivity contribution in [2.75, 3.05) is 0 Å². The van der Waals surface area contributed by atoms with E-state index in [4.69, 9.17) is 9.47 Å². The first-order valence-electron chi connectivity index (χ1n) is 5.18. The highest BCUT2D eigenvalue weighted by molar-refractivity contribution is 5.50. The van der Waals surface area contributed by atoms with E-state index in [1.54, 1.807) is 0 Å². The van der Waals surface area contributed by atoms with Crippen molar-refractivity contribution in [3.8, 4) is 0 Å². The SMILES string of the molecule is C[C@H]1C[C@@H](CC=O)O[C@@H](C(C)(C)C)O1. The lowest BCUT2D eigenvalue weighted by molar-refractivity contribution is -0.274. The number of carbonyl (C=O) groups is 1. The molecule has 1 saturated heterocycles. The molecule has 1 aliphatic heterocycles. The molecule has 1 fully saturated rings. The van der Waals surface area contributed by atoms with Gasteiger partial charge in [-0.3, -0.25) is 0 Å². The Morgan fingerprint density at radius 1 is 1.36 bits per heavy atom. The van der Waals surface area contributed by atoms with E-state index in [1.165, 1.54) is 0 Å². The van der Waals surface area contributed by atoms with Gasteiger partial charge in [0, 0.05) is 18.3 Å². The van der Waals surface area contributed by atoms with E-state index < -0.39 is 0 Å². The average Bonchev–Trinajstić information content (AvgIpc) is 2.02. The molecule has 3 nitrogen and oxygen atoms in total. The summed E-state index contributed by atoms with van der Waals surface area (Å²) in [6, 6.07) is 0. The Bertz CT molecular complexity index is 195. The predicted molar refractivity (Wildman–Crippen MR) is 54.0 cm³/mol. The molecule has 1 rings (SSSR count). The maximum atomic E-state index is 10.4. The van der Waals surface area contributed by atoms with Gasteiger partial charge in [-0.05, 0) is 6.92 Å². The molecule has 1 heterocycles. The van der Waals surface area contributed by atoms with Crippen LogP contribution in [-0.2, 0) is 14.3 Å². The van der Waals surface area contributed by atoms with Gasteiger partial charge in [-0.15, -0.1) is 0 Å². The molecule has 0 N–H and O–H groups in total. The fraction of sp³-hybridized carbons (Fsp3) is 0.909. The van der Waals surface area contributed by atoms with E-state index in [1.807, 2.05) is 6.92 Å². The highest BCUT2D eigenvalue weighted by Gasteiger charge is 2.35. The fourth-order valence-corrected chi connectivity index (χ4v) is 1.57. The number of rotatable bonds is 2. The molecule has 0 aromatic rings. The van der Waals surface area contributed by atoms with Gasteiger partial charge in [0.25, 0.3) is 0 Å². The van der Waals surface area contributed by atoms with Crippen LogP contribution in [0, 0.1) is 5.41 Å². The Kier molecular flexibility index (Phi) is 3.67. The smallest absolute Gasteiger partial charge is 0.163 e. The number of ether oxygens (including phenoxy) is 2. The zero-order chi connectivity index (χ0) is 10.8. The quantitative estimate of drug-likeness (QED) is 0.641. The lowest BCUT2D eigenvalue weighted by Gasteiger charge is -2.40. The zero-order valence-electron chi connectivity index (χ0n) is 9.45. The largest absolute Gasteiger partial charge is 0.349 e. The van der Waals surface area contributed by atoms with Gasteiger partial charge in [-0.2, -0.15) is 0 Å². The monoisotopic (exact) mass is 200 g/mol. The highest BCUT2D eigenvalue weighted by Crippen LogP contribution is 2.31. The molecular formula is C11H20O3. The van der Waals surface area contributed by atoms with Crippen LogP contribution in [0.3, 0.4) is 0 Å². The molecule has 0 radical (unpaired) electrons. The van der Waals surface area contributed by atoms with Crippen LogP contribution >= 0.6 is 0 Å². The molecule has 14 heavy (non-hydrogen) atoms. The van der Waals surface area contributed by atoms with Crippen molar-refractivity contribution in [2.45, 2.75) is 59.0 Å². The Morgan fingerprint density at radius 3 is 2.50 bits per heavy atom. The normalized spacial score (nSPS) is 34.1. The van der Waals surface area contributed by atoms with Crippen LogP contribution in [0.15, 0.2) is 0 Å². The summed E-state index contributed by atoms with van der Waals surface area (Å²) >= 11 is 0. The zero-order valence-corrected chi connectivity index (χ0v) is 9.45. The Hall–Kier alpha value is -0.410. The van der Waals surface area contributed by atoms with Crippen molar-refractivity contribution in [2.24, 2.45) is 5.41 Å². The van der Waals surface area contributed by atoms with Gasteiger partial charge >= 0.3 is 0 Å². The van der Waals surface area contributed by atoms with Crippen LogP contribution in [0.25, 0.3) is 0 Å². The second-order valence-corrected chi connectivity index (χ2v) is 5.04. The molecule has 0 unspecified atom stereocenters. The molecular weight excluding hydrogens is 180 g/mol. The average molecular weight is 200 g/mol. The van der Waals surface area contributed by atoms with E-state index in [0.717, 1.165) is 12.7 Å². The maximum Gasteiger partial charge on any atom is 0.163 e. The van der Waals surface area contributed by atoms with Crippen molar-refractivity contribution in [3.05, 3.63) is 0 Å². The van der Waals surface area contributed by atoms with Gasteiger partial charge in [0.05, 0.1) is 12.2 Å². The molecule has 0 aromatic carbocycles. The Morgan fingerprint density at radius 2 is 2.00 bits per heavy atom. The van der Waals surface area contributed by atoms with Gasteiger partial charge in [0.15, 0.2) is 6.29 Å². The van der Waals surface area contributed by atoms with Gasteiger partial charge in [0.1, 0.15) is 6.29 Å². The Labute approximate surface area is 85.8 Å². The third-order valence-electron chi connectivity index (χ3n) is 2.33. The van der Waals surface area contributed by atoms with E-state index in [9.17, 15) is 4.79 Å². The van der Waals surface area contributed by atoms with Crippen LogP contribution in [0.5, 0.6) is 0 Å². The van der Waals surface area contributed by atoms with Crippen molar-refractivity contribution < 1.29 is 14.3 Å². The first kappa shape index (κ1) is 11.7. The summed E-state index contributed by atoms with van der Waals surface area (Å²) in [6.45, 7) is 8.26. The first-order chi connectivity index (χ1) is 6.43. The lowest BCUT2D eigenvalue weighted by atomic mass is 9.94. The molecule has 0 saturated carbocycles. The topological polar surface area (TPSA) is 35.5 Å². The van der Waals surface area contributed by atoms with E-state index in [0.29, 0.717) is 6.42 Å². The summed E-state index contributed by atoms with van der Waals surface area (Å²) in [4.78, 5) is 10.4. The number of carbonyl (C=O) groups excluding carboxylic acids is 1. The molecule has 0 aliphatic carbocycles. The summed E-state index contributed by atoms with van der Waals surface area (Å²) < 4.78 is 11.4. The molecule has 3 heteroatoms. The molecule has 3 atom stereocenters. The molecule has 82 valence electrons. The standard InChI is InChI=1S/C11H20O3/c1-8-7-9(5-6-12)14-10(13-8)11(2,3)4/h6,8-10H,5,7H2,1-4H3/t8-,9+,10-/m0/s1. The number of aldehydes is 1. The summed E-state index contributed by atoms with van der Waals surface area (Å²) in [5.41, 5.74) is -0.0319. The summed E-state index contributed by atoms with van der Waals surface area (Å²) in [6.07, 6.45) is 2.21. The first-order valence-corrected chi connectivity index (χ1v) is 5.18. The lowest BCUT2D eigenvalue weighted by Crippen LogP contribution is -2.43. The highest BCUT2D eigenvalue weighted by atomic mass is 16.7. The summed E-state index contributed by atoms with van der Waals surface area (Å²) in [5, 5.41) is 0. The number of hydrogen-bond acceptors (Lipinski definition) is 3. The summed E-state index contributed by atoms with van der Waals surface area (Å²) in [5.74, 6) is 0.